The minimum Gasteiger partial charge on any atom is -0.376 e. The van der Waals surface area contributed by atoms with Gasteiger partial charge in [0.05, 0.1) is 6.57 Å². The van der Waals surface area contributed by atoms with Crippen molar-refractivity contribution in [3.8, 4) is 0 Å². The van der Waals surface area contributed by atoms with Crippen molar-refractivity contribution in [3.05, 3.63) is 105 Å². The average molecular weight is 470 g/mol. The van der Waals surface area contributed by atoms with E-state index < -0.39 is 24.0 Å². The summed E-state index contributed by atoms with van der Waals surface area (Å²) >= 11 is 1.42. The molecule has 0 aliphatic rings. The van der Waals surface area contributed by atoms with Gasteiger partial charge in [-0.3, -0.25) is 0 Å². The first-order valence-corrected chi connectivity index (χ1v) is 10.9. The Kier molecular flexibility index (Phi) is 6.11. The van der Waals surface area contributed by atoms with E-state index in [4.69, 9.17) is 6.57 Å². The number of aliphatic hydroxyl groups is 1. The first-order valence-electron chi connectivity index (χ1n) is 9.94. The lowest BCUT2D eigenvalue weighted by Crippen LogP contribution is -2.41. The average Bonchev–Trinajstić information content (AvgIpc) is 3.41. The first kappa shape index (κ1) is 22.8. The number of thiophene rings is 1. The van der Waals surface area contributed by atoms with E-state index in [2.05, 4.69) is 4.85 Å². The predicted octanol–water partition coefficient (Wildman–Crippen LogP) is 7.29. The summed E-state index contributed by atoms with van der Waals surface area (Å²) in [5, 5.41) is 14.8. The molecule has 4 rings (SSSR count). The Morgan fingerprint density at radius 1 is 1.12 bits per heavy atom. The van der Waals surface area contributed by atoms with Crippen molar-refractivity contribution in [2.75, 3.05) is 0 Å². The van der Waals surface area contributed by atoms with Crippen LogP contribution in [0.15, 0.2) is 71.6 Å². The van der Waals surface area contributed by atoms with Crippen molar-refractivity contribution in [2.24, 2.45) is 0 Å². The van der Waals surface area contributed by atoms with Gasteiger partial charge in [0.25, 0.3) is 0 Å². The Bertz CT molecular complexity index is 1350. The van der Waals surface area contributed by atoms with Crippen molar-refractivity contribution in [3.63, 3.8) is 0 Å². The van der Waals surface area contributed by atoms with Crippen LogP contribution in [-0.4, -0.2) is 15.8 Å². The van der Waals surface area contributed by atoms with Gasteiger partial charge in [-0.05, 0) is 46.2 Å². The molecule has 0 amide bonds. The molecular formula is C25H18F4N2OS. The molecule has 1 N–H and O–H groups in total. The Morgan fingerprint density at radius 2 is 1.94 bits per heavy atom. The van der Waals surface area contributed by atoms with E-state index in [1.807, 2.05) is 5.38 Å². The number of rotatable bonds is 6. The number of hydrogen-bond donors (Lipinski definition) is 1. The summed E-state index contributed by atoms with van der Waals surface area (Å²) in [7, 11) is 0. The number of nitrogens with zero attached hydrogens (tertiary/aromatic N) is 2. The maximum Gasteiger partial charge on any atom is 0.421 e. The minimum absolute atomic E-state index is 0.0778. The zero-order valence-corrected chi connectivity index (χ0v) is 18.0. The number of fused-ring (bicyclic) bond motifs is 1. The monoisotopic (exact) mass is 470 g/mol. The SMILES string of the molecule is [C-]#[N+]c1ccc2c(C(O)(CC=Cc3ccsc3)C(F)(F)F)cn(Cc3cccc(F)c3)c2c1. The van der Waals surface area contributed by atoms with Crippen LogP contribution < -0.4 is 0 Å². The minimum atomic E-state index is -4.96. The third-order valence-electron chi connectivity index (χ3n) is 5.42. The Morgan fingerprint density at radius 3 is 2.61 bits per heavy atom. The van der Waals surface area contributed by atoms with Crippen LogP contribution >= 0.6 is 11.3 Å². The van der Waals surface area contributed by atoms with E-state index in [1.54, 1.807) is 17.5 Å². The Hall–Kier alpha value is -3.41. The predicted molar refractivity (Wildman–Crippen MR) is 122 cm³/mol. The third kappa shape index (κ3) is 4.56. The van der Waals surface area contributed by atoms with Gasteiger partial charge in [-0.15, -0.1) is 0 Å². The highest BCUT2D eigenvalue weighted by molar-refractivity contribution is 7.08. The van der Waals surface area contributed by atoms with Gasteiger partial charge in [0.2, 0.25) is 0 Å². The fourth-order valence-electron chi connectivity index (χ4n) is 3.76. The molecular weight excluding hydrogens is 452 g/mol. The summed E-state index contributed by atoms with van der Waals surface area (Å²) in [6.07, 6.45) is -1.55. The van der Waals surface area contributed by atoms with E-state index in [-0.39, 0.29) is 23.2 Å². The van der Waals surface area contributed by atoms with E-state index in [9.17, 15) is 22.7 Å². The zero-order chi connectivity index (χ0) is 23.6. The molecule has 0 radical (unpaired) electrons. The number of alkyl halides is 3. The smallest absolute Gasteiger partial charge is 0.376 e. The fourth-order valence-corrected chi connectivity index (χ4v) is 4.38. The van der Waals surface area contributed by atoms with Crippen molar-refractivity contribution in [1.29, 1.82) is 0 Å². The molecule has 3 nitrogen and oxygen atoms in total. The lowest BCUT2D eigenvalue weighted by molar-refractivity contribution is -0.264. The molecule has 0 fully saturated rings. The second-order valence-corrected chi connectivity index (χ2v) is 8.42. The lowest BCUT2D eigenvalue weighted by Gasteiger charge is -2.29. The topological polar surface area (TPSA) is 29.5 Å². The van der Waals surface area contributed by atoms with E-state index >= 15 is 0 Å². The zero-order valence-electron chi connectivity index (χ0n) is 17.2. The summed E-state index contributed by atoms with van der Waals surface area (Å²) in [5.74, 6) is -0.462. The number of benzene rings is 2. The maximum absolute atomic E-state index is 14.2. The summed E-state index contributed by atoms with van der Waals surface area (Å²) in [5.41, 5.74) is -1.56. The van der Waals surface area contributed by atoms with Gasteiger partial charge in [-0.1, -0.05) is 36.4 Å². The molecule has 2 heterocycles. The molecule has 0 aliphatic heterocycles. The molecule has 0 aliphatic carbocycles. The molecule has 0 bridgehead atoms. The molecule has 2 aromatic heterocycles. The molecule has 2 aromatic carbocycles. The third-order valence-corrected chi connectivity index (χ3v) is 6.12. The van der Waals surface area contributed by atoms with Gasteiger partial charge in [-0.25, -0.2) is 9.24 Å². The highest BCUT2D eigenvalue weighted by Crippen LogP contribution is 2.45. The quantitative estimate of drug-likeness (QED) is 0.233. The molecule has 4 aromatic rings. The van der Waals surface area contributed by atoms with Crippen molar-refractivity contribution in [1.82, 2.24) is 4.57 Å². The molecule has 1 atom stereocenters. The molecule has 0 spiro atoms. The van der Waals surface area contributed by atoms with E-state index in [0.717, 1.165) is 5.56 Å². The fraction of sp³-hybridized carbons (Fsp3) is 0.160. The van der Waals surface area contributed by atoms with Crippen LogP contribution in [-0.2, 0) is 12.1 Å². The Balaban J connectivity index is 1.84. The van der Waals surface area contributed by atoms with Gasteiger partial charge in [0, 0.05) is 35.6 Å². The lowest BCUT2D eigenvalue weighted by atomic mass is 9.89. The molecule has 8 heteroatoms. The molecule has 0 saturated carbocycles. The van der Waals surface area contributed by atoms with Crippen molar-refractivity contribution >= 4 is 34.0 Å². The van der Waals surface area contributed by atoms with Crippen LogP contribution in [0.25, 0.3) is 21.8 Å². The summed E-state index contributed by atoms with van der Waals surface area (Å²) in [4.78, 5) is 3.36. The first-order chi connectivity index (χ1) is 15.7. The van der Waals surface area contributed by atoms with E-state index in [1.165, 1.54) is 70.7 Å². The molecule has 0 saturated heterocycles. The second kappa shape index (κ2) is 8.85. The van der Waals surface area contributed by atoms with Gasteiger partial charge >= 0.3 is 6.18 Å². The normalized spacial score (nSPS) is 13.9. The number of aromatic nitrogens is 1. The van der Waals surface area contributed by atoms with Crippen LogP contribution in [0, 0.1) is 12.4 Å². The van der Waals surface area contributed by atoms with Crippen molar-refractivity contribution in [2.45, 2.75) is 24.7 Å². The number of halogens is 4. The van der Waals surface area contributed by atoms with Crippen LogP contribution in [0.1, 0.15) is 23.1 Å². The summed E-state index contributed by atoms with van der Waals surface area (Å²) < 4.78 is 57.9. The van der Waals surface area contributed by atoms with Crippen LogP contribution in [0.4, 0.5) is 23.2 Å². The largest absolute Gasteiger partial charge is 0.421 e. The second-order valence-electron chi connectivity index (χ2n) is 7.64. The summed E-state index contributed by atoms with van der Waals surface area (Å²) in [6.45, 7) is 7.33. The highest BCUT2D eigenvalue weighted by Gasteiger charge is 2.55. The van der Waals surface area contributed by atoms with Crippen LogP contribution in [0.3, 0.4) is 0 Å². The van der Waals surface area contributed by atoms with Crippen LogP contribution in [0.2, 0.25) is 0 Å². The summed E-state index contributed by atoms with van der Waals surface area (Å²) in [6, 6.07) is 11.8. The standard InChI is InChI=1S/C25H18F4N2OS/c1-30-20-7-8-21-22(15-31(23(21)13-20)14-18-4-2-6-19(26)12-18)24(32,25(27,28)29)10-3-5-17-9-11-33-16-17/h2-9,11-13,15-16,32H,10,14H2. The van der Waals surface area contributed by atoms with Gasteiger partial charge in [-0.2, -0.15) is 24.5 Å². The van der Waals surface area contributed by atoms with Gasteiger partial charge in [0.1, 0.15) is 5.82 Å². The van der Waals surface area contributed by atoms with Gasteiger partial charge < -0.3 is 9.67 Å². The highest BCUT2D eigenvalue weighted by atomic mass is 32.1. The van der Waals surface area contributed by atoms with Crippen LogP contribution in [0.5, 0.6) is 0 Å². The van der Waals surface area contributed by atoms with Gasteiger partial charge in [0.15, 0.2) is 11.3 Å². The van der Waals surface area contributed by atoms with Crippen molar-refractivity contribution < 1.29 is 22.7 Å². The maximum atomic E-state index is 14.2. The Labute approximate surface area is 191 Å². The molecule has 1 unspecified atom stereocenters. The number of hydrogen-bond acceptors (Lipinski definition) is 2. The molecule has 168 valence electrons. The molecule has 33 heavy (non-hydrogen) atoms. The van der Waals surface area contributed by atoms with E-state index in [0.29, 0.717) is 11.1 Å².